The van der Waals surface area contributed by atoms with Gasteiger partial charge in [-0.15, -0.1) is 0 Å². The van der Waals surface area contributed by atoms with E-state index in [2.05, 4.69) is 21.3 Å². The third-order valence-electron chi connectivity index (χ3n) is 8.74. The highest BCUT2D eigenvalue weighted by atomic mass is 32.2. The molecule has 0 fully saturated rings. The first-order chi connectivity index (χ1) is 24.0. The fraction of sp³-hybridized carbons (Fsp3) is 0.308. The summed E-state index contributed by atoms with van der Waals surface area (Å²) in [4.78, 5) is 40.7. The van der Waals surface area contributed by atoms with Crippen molar-refractivity contribution in [1.29, 1.82) is 0 Å². The molecule has 0 heterocycles. The van der Waals surface area contributed by atoms with Crippen LogP contribution >= 0.6 is 0 Å². The maximum atomic E-state index is 13.9. The number of carbonyl (C=O) groups excluding carboxylic acids is 3. The van der Waals surface area contributed by atoms with Crippen molar-refractivity contribution >= 4 is 39.1 Å². The molecule has 3 atom stereocenters. The molecule has 6 N–H and O–H groups in total. The number of nitrogens with one attached hydrogen (secondary N) is 4. The van der Waals surface area contributed by atoms with E-state index in [1.54, 1.807) is 19.1 Å². The van der Waals surface area contributed by atoms with Crippen molar-refractivity contribution in [2.24, 2.45) is 0 Å². The van der Waals surface area contributed by atoms with Crippen LogP contribution in [0.4, 0.5) is 11.4 Å². The van der Waals surface area contributed by atoms with Crippen LogP contribution in [0.15, 0.2) is 103 Å². The molecule has 0 aromatic heterocycles. The molecule has 0 saturated carbocycles. The van der Waals surface area contributed by atoms with Crippen molar-refractivity contribution in [3.63, 3.8) is 0 Å². The Balaban J connectivity index is 1.56. The van der Waals surface area contributed by atoms with Crippen molar-refractivity contribution in [3.05, 3.63) is 131 Å². The first-order valence-electron chi connectivity index (χ1n) is 16.7. The Kier molecular flexibility index (Phi) is 12.6. The van der Waals surface area contributed by atoms with Crippen LogP contribution in [0.5, 0.6) is 0 Å². The number of hydrogen-bond acceptors (Lipinski definition) is 7. The summed E-state index contributed by atoms with van der Waals surface area (Å²) in [5.74, 6) is -1.20. The highest BCUT2D eigenvalue weighted by Crippen LogP contribution is 2.24. The lowest BCUT2D eigenvalue weighted by molar-refractivity contribution is -0.123. The Bertz CT molecular complexity index is 1920. The number of carbonyl (C=O) groups is 3. The summed E-state index contributed by atoms with van der Waals surface area (Å²) in [7, 11) is -2.36. The number of rotatable bonds is 15. The second-order valence-electron chi connectivity index (χ2n) is 13.3. The van der Waals surface area contributed by atoms with Gasteiger partial charge in [0.2, 0.25) is 15.9 Å². The molecule has 3 amide bonds. The van der Waals surface area contributed by atoms with Crippen LogP contribution in [0, 0.1) is 0 Å². The molecular formula is C39H48N6O5S. The Morgan fingerprint density at radius 2 is 1.37 bits per heavy atom. The Hall–Kier alpha value is -5.20. The van der Waals surface area contributed by atoms with E-state index >= 15 is 0 Å². The quantitative estimate of drug-likeness (QED) is 0.113. The van der Waals surface area contributed by atoms with Crippen molar-refractivity contribution in [2.45, 2.75) is 57.8 Å². The summed E-state index contributed by atoms with van der Waals surface area (Å²) in [5.41, 5.74) is 8.81. The molecule has 0 spiro atoms. The molecule has 11 nitrogen and oxygen atoms in total. The number of nitrogen functional groups attached to an aromatic ring is 1. The number of nitrogens with zero attached hydrogens (tertiary/aromatic N) is 1. The summed E-state index contributed by atoms with van der Waals surface area (Å²) < 4.78 is 26.1. The number of hydrogen-bond donors (Lipinski definition) is 5. The molecule has 4 aromatic carbocycles. The number of amides is 3. The van der Waals surface area contributed by atoms with E-state index in [1.165, 1.54) is 25.2 Å². The predicted octanol–water partition coefficient (Wildman–Crippen LogP) is 4.53. The van der Waals surface area contributed by atoms with Crippen LogP contribution in [-0.2, 0) is 26.8 Å². The van der Waals surface area contributed by atoms with Gasteiger partial charge in [-0.05, 0) is 81.1 Å². The molecule has 270 valence electrons. The fourth-order valence-electron chi connectivity index (χ4n) is 5.49. The largest absolute Gasteiger partial charge is 0.399 e. The normalized spacial score (nSPS) is 13.4. The van der Waals surface area contributed by atoms with E-state index in [0.717, 1.165) is 27.3 Å². The third kappa shape index (κ3) is 10.9. The van der Waals surface area contributed by atoms with Crippen molar-refractivity contribution in [1.82, 2.24) is 21.3 Å². The molecular weight excluding hydrogens is 665 g/mol. The van der Waals surface area contributed by atoms with E-state index in [4.69, 9.17) is 5.73 Å². The molecule has 0 bridgehead atoms. The summed E-state index contributed by atoms with van der Waals surface area (Å²) in [6.45, 7) is 7.61. The minimum absolute atomic E-state index is 0.104. The van der Waals surface area contributed by atoms with E-state index in [1.807, 2.05) is 93.6 Å². The lowest BCUT2D eigenvalue weighted by Crippen LogP contribution is -2.50. The van der Waals surface area contributed by atoms with Gasteiger partial charge in [0.15, 0.2) is 0 Å². The molecule has 0 saturated heterocycles. The zero-order chi connectivity index (χ0) is 37.3. The summed E-state index contributed by atoms with van der Waals surface area (Å²) in [5, 5.41) is 12.3. The molecule has 0 radical (unpaired) electrons. The Morgan fingerprint density at radius 3 is 1.96 bits per heavy atom. The van der Waals surface area contributed by atoms with E-state index in [9.17, 15) is 22.8 Å². The monoisotopic (exact) mass is 712 g/mol. The van der Waals surface area contributed by atoms with Gasteiger partial charge in [-0.25, -0.2) is 8.42 Å². The van der Waals surface area contributed by atoms with E-state index in [0.29, 0.717) is 12.1 Å². The summed E-state index contributed by atoms with van der Waals surface area (Å²) in [6, 6.07) is 29.4. The topological polar surface area (TPSA) is 163 Å². The minimum atomic E-state index is -3.72. The van der Waals surface area contributed by atoms with E-state index < -0.39 is 39.5 Å². The van der Waals surface area contributed by atoms with Crippen LogP contribution in [0.3, 0.4) is 0 Å². The van der Waals surface area contributed by atoms with Crippen LogP contribution in [-0.4, -0.2) is 58.1 Å². The van der Waals surface area contributed by atoms with Gasteiger partial charge in [0.05, 0.1) is 29.6 Å². The molecule has 4 rings (SSSR count). The summed E-state index contributed by atoms with van der Waals surface area (Å²) >= 11 is 0. The second kappa shape index (κ2) is 16.7. The predicted molar refractivity (Wildman–Crippen MR) is 203 cm³/mol. The lowest BCUT2D eigenvalue weighted by atomic mass is 9.93. The van der Waals surface area contributed by atoms with Crippen LogP contribution < -0.4 is 31.3 Å². The lowest BCUT2D eigenvalue weighted by Gasteiger charge is -2.27. The zero-order valence-corrected chi connectivity index (χ0v) is 30.8. The van der Waals surface area contributed by atoms with Gasteiger partial charge >= 0.3 is 0 Å². The van der Waals surface area contributed by atoms with Gasteiger partial charge in [-0.2, -0.15) is 0 Å². The summed E-state index contributed by atoms with van der Waals surface area (Å²) in [6.07, 6.45) is 1.49. The minimum Gasteiger partial charge on any atom is -0.399 e. The van der Waals surface area contributed by atoms with Gasteiger partial charge in [-0.3, -0.25) is 18.7 Å². The Morgan fingerprint density at radius 1 is 0.804 bits per heavy atom. The molecule has 0 aliphatic rings. The Labute approximate surface area is 301 Å². The van der Waals surface area contributed by atoms with Crippen molar-refractivity contribution in [2.75, 3.05) is 29.9 Å². The molecule has 51 heavy (non-hydrogen) atoms. The average Bonchev–Trinajstić information content (AvgIpc) is 3.10. The highest BCUT2D eigenvalue weighted by molar-refractivity contribution is 7.92. The number of sulfonamides is 1. The second-order valence-corrected chi connectivity index (χ2v) is 15.3. The van der Waals surface area contributed by atoms with Crippen LogP contribution in [0.1, 0.15) is 71.1 Å². The van der Waals surface area contributed by atoms with Gasteiger partial charge in [0, 0.05) is 36.4 Å². The highest BCUT2D eigenvalue weighted by Gasteiger charge is 2.26. The van der Waals surface area contributed by atoms with Crippen LogP contribution in [0.25, 0.3) is 0 Å². The van der Waals surface area contributed by atoms with Gasteiger partial charge in [-0.1, -0.05) is 72.8 Å². The van der Waals surface area contributed by atoms with Gasteiger partial charge < -0.3 is 27.0 Å². The van der Waals surface area contributed by atoms with Crippen molar-refractivity contribution in [3.8, 4) is 0 Å². The van der Waals surface area contributed by atoms with Crippen LogP contribution in [0.2, 0.25) is 0 Å². The third-order valence-corrected chi connectivity index (χ3v) is 9.95. The molecule has 12 heteroatoms. The average molecular weight is 713 g/mol. The molecule has 0 unspecified atom stereocenters. The first kappa shape index (κ1) is 38.6. The van der Waals surface area contributed by atoms with Gasteiger partial charge in [0.25, 0.3) is 11.8 Å². The fourth-order valence-corrected chi connectivity index (χ4v) is 5.98. The SMILES string of the molecule is C[C@H](NC[C@H](Cc1ccccc1)NC(=O)c1cc(C(=O)NC(C)(C)c2ccccc2)cc(N(C)S(C)(=O)=O)c1)C(=O)N[C@H](C)c1ccc(N)cc1. The smallest absolute Gasteiger partial charge is 0.252 e. The molecule has 0 aliphatic carbocycles. The zero-order valence-electron chi connectivity index (χ0n) is 29.9. The number of nitrogens with two attached hydrogens (primary N) is 1. The maximum Gasteiger partial charge on any atom is 0.252 e. The van der Waals surface area contributed by atoms with Gasteiger partial charge in [0.1, 0.15) is 0 Å². The molecule has 0 aliphatic heterocycles. The standard InChI is InChI=1S/C39H48N6O5S/c1-26(29-17-19-33(40)20-18-29)42-36(46)27(2)41-25-34(21-28-13-9-7-10-14-28)43-37(47)30-22-31(24-35(23-30)45(5)51(6,49)50)38(48)44-39(3,4)32-15-11-8-12-16-32/h7-20,22-24,26-27,34,41H,21,25,40H2,1-6H3,(H,42,46)(H,43,47)(H,44,48)/t26-,27+,34+/m1/s1. The number of benzene rings is 4. The van der Waals surface area contributed by atoms with Crippen molar-refractivity contribution < 1.29 is 22.8 Å². The van der Waals surface area contributed by atoms with E-state index in [-0.39, 0.29) is 35.3 Å². The molecule has 4 aromatic rings. The first-order valence-corrected chi connectivity index (χ1v) is 18.6. The maximum absolute atomic E-state index is 13.9. The number of anilines is 2.